The van der Waals surface area contributed by atoms with Crippen molar-refractivity contribution < 1.29 is 13.6 Å². The van der Waals surface area contributed by atoms with Gasteiger partial charge in [-0.1, -0.05) is 18.2 Å². The fraction of sp³-hybridized carbons (Fsp3) is 0.353. The van der Waals surface area contributed by atoms with Crippen molar-refractivity contribution in [2.75, 3.05) is 20.1 Å². The Morgan fingerprint density at radius 3 is 2.73 bits per heavy atom. The molecule has 0 spiro atoms. The maximum absolute atomic E-state index is 13.4. The zero-order chi connectivity index (χ0) is 15.9. The molecule has 1 amide bonds. The molecule has 0 aliphatic rings. The van der Waals surface area contributed by atoms with Crippen LogP contribution in [0.2, 0.25) is 0 Å². The van der Waals surface area contributed by atoms with E-state index in [2.05, 4.69) is 5.32 Å². The quantitative estimate of drug-likeness (QED) is 0.855. The molecule has 0 bridgehead atoms. The summed E-state index contributed by atoms with van der Waals surface area (Å²) in [7, 11) is 1.86. The van der Waals surface area contributed by atoms with Crippen LogP contribution in [0, 0.1) is 12.7 Å². The molecule has 2 rings (SSSR count). The molecule has 0 aliphatic heterocycles. The predicted molar refractivity (Wildman–Crippen MR) is 82.9 cm³/mol. The fourth-order valence-electron chi connectivity index (χ4n) is 2.23. The molecule has 0 saturated heterocycles. The van der Waals surface area contributed by atoms with E-state index in [1.165, 1.54) is 6.07 Å². The van der Waals surface area contributed by atoms with Crippen LogP contribution in [-0.4, -0.2) is 30.9 Å². The largest absolute Gasteiger partial charge is 0.465 e. The molecular weight excluding hydrogens is 283 g/mol. The number of amides is 1. The summed E-state index contributed by atoms with van der Waals surface area (Å²) in [6, 6.07) is 10.4. The zero-order valence-electron chi connectivity index (χ0n) is 12.9. The molecule has 0 fully saturated rings. The third-order valence-electron chi connectivity index (χ3n) is 3.31. The van der Waals surface area contributed by atoms with E-state index in [0.29, 0.717) is 25.1 Å². The fourth-order valence-corrected chi connectivity index (χ4v) is 2.23. The first-order valence-electron chi connectivity index (χ1n) is 7.28. The Bertz CT molecular complexity index is 625. The number of rotatable bonds is 7. The standard InChI is InChI=1S/C17H21FN2O2/c1-13-7-8-15(22-13)11-20(2)12-17(21)19-10-9-14-5-3-4-6-16(14)18/h3-8H,9-12H2,1-2H3,(H,19,21). The highest BCUT2D eigenvalue weighted by Crippen LogP contribution is 2.08. The lowest BCUT2D eigenvalue weighted by Crippen LogP contribution is -2.35. The van der Waals surface area contributed by atoms with Gasteiger partial charge in [-0.25, -0.2) is 4.39 Å². The third kappa shape index (κ3) is 5.00. The SMILES string of the molecule is Cc1ccc(CN(C)CC(=O)NCCc2ccccc2F)o1. The summed E-state index contributed by atoms with van der Waals surface area (Å²) < 4.78 is 18.9. The number of aryl methyl sites for hydroxylation is 1. The molecule has 0 aliphatic carbocycles. The van der Waals surface area contributed by atoms with Crippen LogP contribution in [0.15, 0.2) is 40.8 Å². The first-order valence-corrected chi connectivity index (χ1v) is 7.28. The molecule has 5 heteroatoms. The van der Waals surface area contributed by atoms with Gasteiger partial charge >= 0.3 is 0 Å². The molecule has 118 valence electrons. The van der Waals surface area contributed by atoms with E-state index in [4.69, 9.17) is 4.42 Å². The molecule has 0 atom stereocenters. The van der Waals surface area contributed by atoms with Crippen molar-refractivity contribution in [1.82, 2.24) is 10.2 Å². The van der Waals surface area contributed by atoms with Gasteiger partial charge in [0.05, 0.1) is 13.1 Å². The van der Waals surface area contributed by atoms with Gasteiger partial charge in [0.25, 0.3) is 0 Å². The molecule has 0 radical (unpaired) electrons. The maximum Gasteiger partial charge on any atom is 0.234 e. The number of hydrogen-bond acceptors (Lipinski definition) is 3. The van der Waals surface area contributed by atoms with Crippen molar-refractivity contribution in [3.05, 3.63) is 59.3 Å². The van der Waals surface area contributed by atoms with E-state index in [-0.39, 0.29) is 18.3 Å². The lowest BCUT2D eigenvalue weighted by Gasteiger charge is -2.14. The van der Waals surface area contributed by atoms with Crippen molar-refractivity contribution in [2.24, 2.45) is 0 Å². The van der Waals surface area contributed by atoms with Crippen LogP contribution in [-0.2, 0) is 17.8 Å². The second kappa shape index (κ2) is 7.75. The summed E-state index contributed by atoms with van der Waals surface area (Å²) >= 11 is 0. The lowest BCUT2D eigenvalue weighted by atomic mass is 10.1. The summed E-state index contributed by atoms with van der Waals surface area (Å²) in [5.41, 5.74) is 0.613. The number of benzene rings is 1. The van der Waals surface area contributed by atoms with Gasteiger partial charge in [0.15, 0.2) is 0 Å². The molecule has 2 aromatic rings. The number of furan rings is 1. The average Bonchev–Trinajstić information content (AvgIpc) is 2.86. The highest BCUT2D eigenvalue weighted by molar-refractivity contribution is 5.77. The van der Waals surface area contributed by atoms with Gasteiger partial charge in [0.1, 0.15) is 17.3 Å². The smallest absolute Gasteiger partial charge is 0.234 e. The average molecular weight is 304 g/mol. The molecule has 4 nitrogen and oxygen atoms in total. The molecule has 0 saturated carbocycles. The normalized spacial score (nSPS) is 10.9. The van der Waals surface area contributed by atoms with Gasteiger partial charge in [-0.3, -0.25) is 9.69 Å². The molecule has 1 aromatic heterocycles. The molecule has 22 heavy (non-hydrogen) atoms. The Morgan fingerprint density at radius 2 is 2.05 bits per heavy atom. The summed E-state index contributed by atoms with van der Waals surface area (Å²) in [4.78, 5) is 13.7. The van der Waals surface area contributed by atoms with Crippen LogP contribution in [0.5, 0.6) is 0 Å². The Balaban J connectivity index is 1.70. The van der Waals surface area contributed by atoms with Crippen molar-refractivity contribution >= 4 is 5.91 Å². The minimum atomic E-state index is -0.234. The minimum Gasteiger partial charge on any atom is -0.465 e. The van der Waals surface area contributed by atoms with Crippen molar-refractivity contribution in [3.63, 3.8) is 0 Å². The summed E-state index contributed by atoms with van der Waals surface area (Å²) in [6.07, 6.45) is 0.486. The van der Waals surface area contributed by atoms with Crippen LogP contribution in [0.25, 0.3) is 0 Å². The third-order valence-corrected chi connectivity index (χ3v) is 3.31. The van der Waals surface area contributed by atoms with Gasteiger partial charge in [0, 0.05) is 6.54 Å². The summed E-state index contributed by atoms with van der Waals surface area (Å²) in [5.74, 6) is 1.38. The second-order valence-electron chi connectivity index (χ2n) is 5.38. The predicted octanol–water partition coefficient (Wildman–Crippen LogP) is 2.52. The van der Waals surface area contributed by atoms with E-state index in [1.807, 2.05) is 31.0 Å². The van der Waals surface area contributed by atoms with E-state index in [0.717, 1.165) is 11.5 Å². The number of carbonyl (C=O) groups is 1. The minimum absolute atomic E-state index is 0.0814. The van der Waals surface area contributed by atoms with Gasteiger partial charge in [-0.05, 0) is 44.2 Å². The van der Waals surface area contributed by atoms with Gasteiger partial charge < -0.3 is 9.73 Å². The van der Waals surface area contributed by atoms with E-state index in [9.17, 15) is 9.18 Å². The van der Waals surface area contributed by atoms with Crippen molar-refractivity contribution in [3.8, 4) is 0 Å². The van der Waals surface area contributed by atoms with Crippen LogP contribution in [0.1, 0.15) is 17.1 Å². The van der Waals surface area contributed by atoms with Crippen molar-refractivity contribution in [1.29, 1.82) is 0 Å². The van der Waals surface area contributed by atoms with Crippen LogP contribution in [0.3, 0.4) is 0 Å². The van der Waals surface area contributed by atoms with E-state index < -0.39 is 0 Å². The first-order chi connectivity index (χ1) is 10.5. The van der Waals surface area contributed by atoms with E-state index in [1.54, 1.807) is 18.2 Å². The van der Waals surface area contributed by atoms with Crippen LogP contribution in [0.4, 0.5) is 4.39 Å². The van der Waals surface area contributed by atoms with Gasteiger partial charge in [0.2, 0.25) is 5.91 Å². The topological polar surface area (TPSA) is 45.5 Å². The van der Waals surface area contributed by atoms with Crippen LogP contribution < -0.4 is 5.32 Å². The number of likely N-dealkylation sites (N-methyl/N-ethyl adjacent to an activating group) is 1. The van der Waals surface area contributed by atoms with Gasteiger partial charge in [-0.15, -0.1) is 0 Å². The summed E-state index contributed by atoms with van der Waals surface area (Å²) in [5, 5.41) is 2.80. The molecule has 1 aromatic carbocycles. The Morgan fingerprint density at radius 1 is 1.27 bits per heavy atom. The Kier molecular flexibility index (Phi) is 5.72. The molecule has 1 heterocycles. The molecular formula is C17H21FN2O2. The molecule has 1 N–H and O–H groups in total. The Hall–Kier alpha value is -2.14. The Labute approximate surface area is 129 Å². The highest BCUT2D eigenvalue weighted by atomic mass is 19.1. The number of carbonyl (C=O) groups excluding carboxylic acids is 1. The number of nitrogens with one attached hydrogen (secondary N) is 1. The van der Waals surface area contributed by atoms with E-state index >= 15 is 0 Å². The zero-order valence-corrected chi connectivity index (χ0v) is 12.9. The highest BCUT2D eigenvalue weighted by Gasteiger charge is 2.09. The van der Waals surface area contributed by atoms with Crippen LogP contribution >= 0.6 is 0 Å². The maximum atomic E-state index is 13.4. The number of hydrogen-bond donors (Lipinski definition) is 1. The summed E-state index contributed by atoms with van der Waals surface area (Å²) in [6.45, 7) is 3.16. The second-order valence-corrected chi connectivity index (χ2v) is 5.38. The first kappa shape index (κ1) is 16.2. The van der Waals surface area contributed by atoms with Crippen molar-refractivity contribution in [2.45, 2.75) is 19.9 Å². The number of halogens is 1. The van der Waals surface area contributed by atoms with Gasteiger partial charge in [-0.2, -0.15) is 0 Å². The monoisotopic (exact) mass is 304 g/mol. The molecule has 0 unspecified atom stereocenters. The number of nitrogens with zero attached hydrogens (tertiary/aromatic N) is 1. The lowest BCUT2D eigenvalue weighted by molar-refractivity contribution is -0.122.